The minimum Gasteiger partial charge on any atom is -0.489 e. The molecule has 0 spiro atoms. The van der Waals surface area contributed by atoms with Crippen LogP contribution in [0.2, 0.25) is 0 Å². The molecule has 19 nitrogen and oxygen atoms in total. The van der Waals surface area contributed by atoms with Gasteiger partial charge in [-0.15, -0.1) is 25.0 Å². The van der Waals surface area contributed by atoms with Gasteiger partial charge >= 0.3 is 16.4 Å². The molecule has 1 aromatic carbocycles. The highest BCUT2D eigenvalue weighted by atomic mass is 32.3. The minimum absolute atomic E-state index is 0.0548. The second-order valence-electron chi connectivity index (χ2n) is 10.9. The molecule has 1 aliphatic heterocycles. The molecule has 48 heavy (non-hydrogen) atoms. The molecule has 1 saturated heterocycles. The van der Waals surface area contributed by atoms with Crippen LogP contribution in [0.25, 0.3) is 10.9 Å². The predicted octanol–water partition coefficient (Wildman–Crippen LogP) is 0.273. The third kappa shape index (κ3) is 7.27. The molecule has 2 amide bonds. The number of rotatable bonds is 13. The van der Waals surface area contributed by atoms with Gasteiger partial charge in [-0.25, -0.2) is 14.8 Å². The van der Waals surface area contributed by atoms with Gasteiger partial charge in [-0.05, 0) is 44.2 Å². The van der Waals surface area contributed by atoms with E-state index in [-0.39, 0.29) is 10.8 Å². The highest BCUT2D eigenvalue weighted by Gasteiger charge is 2.58. The minimum atomic E-state index is -5.02. The number of amides is 2. The number of carbonyl (C=O) groups excluding carboxylic acids is 2. The summed E-state index contributed by atoms with van der Waals surface area (Å²) in [7, 11) is -1.22. The van der Waals surface area contributed by atoms with Gasteiger partial charge in [-0.1, -0.05) is 5.16 Å². The first-order valence-electron chi connectivity index (χ1n) is 13.9. The van der Waals surface area contributed by atoms with E-state index >= 15 is 0 Å². The lowest BCUT2D eigenvalue weighted by atomic mass is 9.84. The van der Waals surface area contributed by atoms with Crippen LogP contribution in [0.5, 0.6) is 5.75 Å². The van der Waals surface area contributed by atoms with Crippen molar-refractivity contribution >= 4 is 72.9 Å². The number of nitrogens with two attached hydrogens (primary N) is 1. The Bertz CT molecular complexity index is 2040. The number of fused-ring (bicyclic) bond motifs is 1. The number of anilines is 3. The number of hydroxylamine groups is 2. The first-order valence-corrected chi connectivity index (χ1v) is 16.1. The molecule has 0 saturated carbocycles. The van der Waals surface area contributed by atoms with E-state index in [2.05, 4.69) is 30.0 Å². The maximum absolute atomic E-state index is 13.2. The van der Waals surface area contributed by atoms with Gasteiger partial charge in [-0.2, -0.15) is 13.5 Å². The summed E-state index contributed by atoms with van der Waals surface area (Å²) in [6.07, 6.45) is 0.201. The summed E-state index contributed by atoms with van der Waals surface area (Å²) in [5.74, 6) is -1.72. The fourth-order valence-corrected chi connectivity index (χ4v) is 5.53. The van der Waals surface area contributed by atoms with Gasteiger partial charge < -0.3 is 31.0 Å². The number of nitrogen functional groups attached to an aromatic ring is 1. The number of carbonyl (C=O) groups is 3. The summed E-state index contributed by atoms with van der Waals surface area (Å²) in [5.41, 5.74) is 4.30. The molecule has 4 aromatic rings. The molecule has 21 heteroatoms. The van der Waals surface area contributed by atoms with Gasteiger partial charge in [0, 0.05) is 10.8 Å². The van der Waals surface area contributed by atoms with E-state index in [1.807, 2.05) is 41.8 Å². The summed E-state index contributed by atoms with van der Waals surface area (Å²) in [4.78, 5) is 51.6. The standard InChI is InChI=1S/C27H29N9O10S2/c1-27(2)22(24(38)36(27)46-48(41,42)43)32-23(37)21(17-13-47-26(28)30-17)33-45-18(25(39)40)12-44-15-6-7-16-14(11-15)5-8-19(29-16)31-20-9-10-34(3)35(20)4/h5-11,13,18,22H,12H2,1-4H3,(H5,28,30,32,37,39,40,41,42,43)/p+1/b33-21-/t18-,22+/m0/s1. The van der Waals surface area contributed by atoms with Gasteiger partial charge in [0.25, 0.3) is 17.9 Å². The number of oxime groups is 1. The van der Waals surface area contributed by atoms with Crippen LogP contribution in [-0.2, 0) is 48.0 Å². The van der Waals surface area contributed by atoms with E-state index in [9.17, 15) is 27.9 Å². The highest BCUT2D eigenvalue weighted by molar-refractivity contribution is 7.80. The van der Waals surface area contributed by atoms with Gasteiger partial charge in [0.15, 0.2) is 29.9 Å². The average molecular weight is 705 g/mol. The quantitative estimate of drug-likeness (QED) is 0.0412. The second-order valence-corrected chi connectivity index (χ2v) is 12.8. The van der Waals surface area contributed by atoms with Crippen molar-refractivity contribution < 1.29 is 51.0 Å². The molecule has 1 fully saturated rings. The van der Waals surface area contributed by atoms with E-state index in [0.717, 1.165) is 22.5 Å². The zero-order valence-electron chi connectivity index (χ0n) is 25.7. The number of aromatic nitrogens is 4. The first kappa shape index (κ1) is 34.0. The smallest absolute Gasteiger partial charge is 0.418 e. The number of β-lactam (4-membered cyclic amide) rings is 1. The largest absolute Gasteiger partial charge is 0.489 e. The number of hydrogen-bond acceptors (Lipinski definition) is 14. The molecular weight excluding hydrogens is 674 g/mol. The molecule has 254 valence electrons. The monoisotopic (exact) mass is 704 g/mol. The van der Waals surface area contributed by atoms with Crippen LogP contribution in [0.3, 0.4) is 0 Å². The third-order valence-corrected chi connectivity index (χ3v) is 8.25. The van der Waals surface area contributed by atoms with Gasteiger partial charge in [0.1, 0.15) is 29.9 Å². The topological polar surface area (TPSA) is 254 Å². The number of aryl methyl sites for hydroxylation is 1. The molecule has 0 aliphatic carbocycles. The van der Waals surface area contributed by atoms with Crippen LogP contribution in [-0.4, -0.2) is 85.6 Å². The van der Waals surface area contributed by atoms with Crippen molar-refractivity contribution in [1.29, 1.82) is 0 Å². The van der Waals surface area contributed by atoms with Crippen LogP contribution in [0.1, 0.15) is 19.5 Å². The maximum atomic E-state index is 13.2. The SMILES string of the molecule is Cn1c(Nc2ccc3cc(OC[C@H](O/N=C(\C(=O)N[C@@H]4C(=O)N(OS(=O)(=O)O)C4(C)C)c4csc(N)n4)C(=O)O)ccc3n2)cc[n+]1C. The number of thiazole rings is 1. The van der Waals surface area contributed by atoms with E-state index < -0.39 is 58.2 Å². The Kier molecular flexibility index (Phi) is 9.22. The lowest BCUT2D eigenvalue weighted by molar-refractivity contribution is -0.750. The van der Waals surface area contributed by atoms with Crippen LogP contribution in [0.4, 0.5) is 16.8 Å². The van der Waals surface area contributed by atoms with Crippen LogP contribution >= 0.6 is 11.3 Å². The van der Waals surface area contributed by atoms with Gasteiger partial charge in [0.2, 0.25) is 0 Å². The second kappa shape index (κ2) is 13.0. The van der Waals surface area contributed by atoms with Crippen LogP contribution < -0.4 is 25.8 Å². The zero-order valence-corrected chi connectivity index (χ0v) is 27.4. The number of carboxylic acids is 1. The van der Waals surface area contributed by atoms with Crippen molar-refractivity contribution in [2.45, 2.75) is 31.5 Å². The lowest BCUT2D eigenvalue weighted by Gasteiger charge is -2.50. The molecule has 0 unspecified atom stereocenters. The van der Waals surface area contributed by atoms with E-state index in [1.54, 1.807) is 24.3 Å². The molecule has 6 N–H and O–H groups in total. The number of nitrogens with zero attached hydrogens (tertiary/aromatic N) is 6. The number of ether oxygens (including phenoxy) is 1. The molecule has 4 heterocycles. The number of benzene rings is 1. The molecular formula is C27H30N9O10S2+. The van der Waals surface area contributed by atoms with Crippen LogP contribution in [0, 0.1) is 0 Å². The molecule has 1 aliphatic rings. The fourth-order valence-electron chi connectivity index (χ4n) is 4.53. The number of nitrogens with one attached hydrogen (secondary N) is 2. The van der Waals surface area contributed by atoms with Gasteiger partial charge in [0.05, 0.1) is 24.2 Å². The van der Waals surface area contributed by atoms with Crippen molar-refractivity contribution in [3.05, 3.63) is 53.7 Å². The Morgan fingerprint density at radius 3 is 2.58 bits per heavy atom. The molecule has 3 aromatic heterocycles. The van der Waals surface area contributed by atoms with Crippen LogP contribution in [0.15, 0.2) is 53.1 Å². The first-order chi connectivity index (χ1) is 22.5. The fraction of sp³-hybridized carbons (Fsp3) is 0.296. The van der Waals surface area contributed by atoms with E-state index in [1.165, 1.54) is 19.2 Å². The Morgan fingerprint density at radius 2 is 1.98 bits per heavy atom. The summed E-state index contributed by atoms with van der Waals surface area (Å²) in [6, 6.07) is 9.16. The maximum Gasteiger partial charge on any atom is 0.418 e. The van der Waals surface area contributed by atoms with Crippen molar-refractivity contribution in [1.82, 2.24) is 25.0 Å². The van der Waals surface area contributed by atoms with Crippen molar-refractivity contribution in [3.8, 4) is 5.75 Å². The summed E-state index contributed by atoms with van der Waals surface area (Å²) >= 11 is 0.956. The highest BCUT2D eigenvalue weighted by Crippen LogP contribution is 2.33. The van der Waals surface area contributed by atoms with Gasteiger partial charge in [-0.3, -0.25) is 14.1 Å². The van der Waals surface area contributed by atoms with Crippen molar-refractivity contribution in [2.75, 3.05) is 17.7 Å². The molecule has 0 radical (unpaired) electrons. The molecule has 2 atom stereocenters. The van der Waals surface area contributed by atoms with Crippen molar-refractivity contribution in [2.24, 2.45) is 19.3 Å². The summed E-state index contributed by atoms with van der Waals surface area (Å²) in [5, 5.41) is 21.6. The number of pyridine rings is 1. The predicted molar refractivity (Wildman–Crippen MR) is 168 cm³/mol. The lowest BCUT2D eigenvalue weighted by Crippen LogP contribution is -2.76. The van der Waals surface area contributed by atoms with E-state index in [0.29, 0.717) is 22.1 Å². The summed E-state index contributed by atoms with van der Waals surface area (Å²) in [6.45, 7) is 2.20. The Hall–Kier alpha value is -5.38. The Labute approximate surface area is 276 Å². The number of hydrogen-bond donors (Lipinski definition) is 5. The molecule has 5 rings (SSSR count). The normalized spacial score (nSPS) is 16.7. The Balaban J connectivity index is 1.28. The molecule has 0 bridgehead atoms. The zero-order chi connectivity index (χ0) is 35.0. The summed E-state index contributed by atoms with van der Waals surface area (Å²) < 4.78 is 44.9. The number of carboxylic acid groups (broad SMARTS) is 1. The third-order valence-electron chi connectivity index (χ3n) is 7.24. The number of aliphatic carboxylic acids is 1. The Morgan fingerprint density at radius 1 is 1.23 bits per heavy atom. The average Bonchev–Trinajstić information content (AvgIpc) is 3.59. The van der Waals surface area contributed by atoms with Crippen molar-refractivity contribution in [3.63, 3.8) is 0 Å². The van der Waals surface area contributed by atoms with E-state index in [4.69, 9.17) is 19.9 Å².